The maximum Gasteiger partial charge on any atom is 0.280 e. The van der Waals surface area contributed by atoms with Crippen molar-refractivity contribution in [2.45, 2.75) is 25.3 Å². The van der Waals surface area contributed by atoms with Gasteiger partial charge < -0.3 is 4.98 Å². The lowest BCUT2D eigenvalue weighted by molar-refractivity contribution is 0.101. The molecule has 0 aliphatic carbocycles. The average molecular weight is 300 g/mol. The van der Waals surface area contributed by atoms with Crippen molar-refractivity contribution < 1.29 is 13.2 Å². The van der Waals surface area contributed by atoms with Crippen LogP contribution in [-0.4, -0.2) is 29.2 Å². The number of aromatic nitrogens is 3. The number of hydrogen-bond acceptors (Lipinski definition) is 6. The topological polar surface area (TPSA) is 105 Å². The molecule has 0 unspecified atom stereocenters. The molecule has 0 radical (unpaired) electrons. The molecule has 0 aliphatic heterocycles. The van der Waals surface area contributed by atoms with Gasteiger partial charge in [-0.25, -0.2) is 9.97 Å². The molecular formula is C10H12N4O3S2. The molecule has 2 heterocycles. The number of nitrogens with one attached hydrogen (secondary N) is 2. The number of aromatic amines is 1. The predicted molar refractivity (Wildman–Crippen MR) is 70.9 cm³/mol. The summed E-state index contributed by atoms with van der Waals surface area (Å²) >= 11 is 1.06. The lowest BCUT2D eigenvalue weighted by atomic mass is 10.4. The molecule has 2 aromatic rings. The SMILES string of the molecule is CCc1ncc(S(=O)(=O)Nc2nc(C(C)=O)cs2)[nH]1. The summed E-state index contributed by atoms with van der Waals surface area (Å²) in [6, 6.07) is 0. The standard InChI is InChI=1S/C10H12N4O3S2/c1-3-8-11-4-9(13-8)19(16,17)14-10-12-7(5-18-10)6(2)15/h4-5H,3H2,1-2H3,(H,11,13)(H,12,14). The summed E-state index contributed by atoms with van der Waals surface area (Å²) in [5.74, 6) is 0.375. The molecule has 7 nitrogen and oxygen atoms in total. The Labute approximate surface area is 114 Å². The molecule has 0 spiro atoms. The van der Waals surface area contributed by atoms with E-state index in [-0.39, 0.29) is 21.6 Å². The van der Waals surface area contributed by atoms with Crippen molar-refractivity contribution in [3.63, 3.8) is 0 Å². The van der Waals surface area contributed by atoms with Crippen LogP contribution >= 0.6 is 11.3 Å². The van der Waals surface area contributed by atoms with E-state index in [2.05, 4.69) is 19.7 Å². The number of carbonyl (C=O) groups is 1. The van der Waals surface area contributed by atoms with Gasteiger partial charge in [0.15, 0.2) is 15.9 Å². The van der Waals surface area contributed by atoms with Gasteiger partial charge in [-0.15, -0.1) is 11.3 Å². The van der Waals surface area contributed by atoms with Crippen LogP contribution in [0.2, 0.25) is 0 Å². The number of hydrogen-bond donors (Lipinski definition) is 2. The molecule has 2 N–H and O–H groups in total. The number of ketones is 1. The van der Waals surface area contributed by atoms with Crippen LogP contribution in [0.25, 0.3) is 0 Å². The normalized spacial score (nSPS) is 11.5. The zero-order chi connectivity index (χ0) is 14.0. The van der Waals surface area contributed by atoms with Crippen LogP contribution in [0.4, 0.5) is 5.13 Å². The number of H-pyrrole nitrogens is 1. The predicted octanol–water partition coefficient (Wildman–Crippen LogP) is 1.43. The van der Waals surface area contributed by atoms with Crippen molar-refractivity contribution in [2.75, 3.05) is 4.72 Å². The fourth-order valence-corrected chi connectivity index (χ4v) is 3.26. The Hall–Kier alpha value is -1.74. The van der Waals surface area contributed by atoms with Gasteiger partial charge in [0.1, 0.15) is 11.5 Å². The van der Waals surface area contributed by atoms with Gasteiger partial charge in [-0.05, 0) is 0 Å². The monoisotopic (exact) mass is 300 g/mol. The molecule has 0 bridgehead atoms. The Morgan fingerprint density at radius 1 is 1.53 bits per heavy atom. The molecule has 9 heteroatoms. The Morgan fingerprint density at radius 3 is 2.79 bits per heavy atom. The number of imidazole rings is 1. The van der Waals surface area contributed by atoms with Crippen molar-refractivity contribution in [3.05, 3.63) is 23.1 Å². The first kappa shape index (κ1) is 13.7. The molecular weight excluding hydrogens is 288 g/mol. The van der Waals surface area contributed by atoms with E-state index in [0.717, 1.165) is 11.3 Å². The number of rotatable bonds is 5. The Balaban J connectivity index is 2.23. The first-order chi connectivity index (χ1) is 8.92. The summed E-state index contributed by atoms with van der Waals surface area (Å²) in [4.78, 5) is 21.6. The summed E-state index contributed by atoms with van der Waals surface area (Å²) < 4.78 is 26.3. The van der Waals surface area contributed by atoms with Crippen molar-refractivity contribution in [2.24, 2.45) is 0 Å². The highest BCUT2D eigenvalue weighted by atomic mass is 32.2. The molecule has 2 rings (SSSR count). The minimum Gasteiger partial charge on any atom is -0.332 e. The van der Waals surface area contributed by atoms with E-state index in [9.17, 15) is 13.2 Å². The van der Waals surface area contributed by atoms with Crippen molar-refractivity contribution >= 4 is 32.3 Å². The summed E-state index contributed by atoms with van der Waals surface area (Å²) in [5.41, 5.74) is 0.238. The number of sulfonamides is 1. The lowest BCUT2D eigenvalue weighted by Crippen LogP contribution is -2.13. The van der Waals surface area contributed by atoms with Gasteiger partial charge in [0, 0.05) is 18.7 Å². The van der Waals surface area contributed by atoms with E-state index >= 15 is 0 Å². The first-order valence-corrected chi connectivity index (χ1v) is 7.82. The number of nitrogens with zero attached hydrogens (tertiary/aromatic N) is 2. The van der Waals surface area contributed by atoms with Gasteiger partial charge in [-0.2, -0.15) is 8.42 Å². The van der Waals surface area contributed by atoms with Crippen molar-refractivity contribution in [3.8, 4) is 0 Å². The zero-order valence-electron chi connectivity index (χ0n) is 10.3. The summed E-state index contributed by atoms with van der Waals surface area (Å²) in [6.45, 7) is 3.23. The second-order valence-corrected chi connectivity index (χ2v) is 6.26. The van der Waals surface area contributed by atoms with E-state index in [1.165, 1.54) is 18.5 Å². The van der Waals surface area contributed by atoms with E-state index in [0.29, 0.717) is 12.2 Å². The molecule has 19 heavy (non-hydrogen) atoms. The van der Waals surface area contributed by atoms with Crippen LogP contribution in [0.5, 0.6) is 0 Å². The number of thiazole rings is 1. The minimum atomic E-state index is -3.75. The summed E-state index contributed by atoms with van der Waals surface area (Å²) in [7, 11) is -3.75. The smallest absolute Gasteiger partial charge is 0.280 e. The third-order valence-electron chi connectivity index (χ3n) is 2.32. The maximum absolute atomic E-state index is 12.0. The van der Waals surface area contributed by atoms with E-state index in [1.54, 1.807) is 0 Å². The highest BCUT2D eigenvalue weighted by Crippen LogP contribution is 2.19. The summed E-state index contributed by atoms with van der Waals surface area (Å²) in [6.07, 6.45) is 1.86. The quantitative estimate of drug-likeness (QED) is 0.813. The molecule has 0 saturated carbocycles. The van der Waals surface area contributed by atoms with Crippen LogP contribution in [0.1, 0.15) is 30.2 Å². The molecule has 0 amide bonds. The Morgan fingerprint density at radius 2 is 2.26 bits per heavy atom. The van der Waals surface area contributed by atoms with E-state index < -0.39 is 10.0 Å². The molecule has 0 atom stereocenters. The molecule has 0 saturated heterocycles. The number of aryl methyl sites for hydroxylation is 1. The van der Waals surface area contributed by atoms with Gasteiger partial charge in [-0.1, -0.05) is 6.92 Å². The Bertz CT molecular complexity index is 702. The first-order valence-electron chi connectivity index (χ1n) is 5.45. The molecule has 0 aliphatic rings. The molecule has 102 valence electrons. The van der Waals surface area contributed by atoms with Crippen LogP contribution < -0.4 is 4.72 Å². The minimum absolute atomic E-state index is 0.0241. The second kappa shape index (κ2) is 5.10. The van der Waals surface area contributed by atoms with E-state index in [4.69, 9.17) is 0 Å². The van der Waals surface area contributed by atoms with Gasteiger partial charge in [0.05, 0.1) is 6.20 Å². The van der Waals surface area contributed by atoms with Gasteiger partial charge in [-0.3, -0.25) is 9.52 Å². The van der Waals surface area contributed by atoms with Gasteiger partial charge in [0.2, 0.25) is 0 Å². The maximum atomic E-state index is 12.0. The summed E-state index contributed by atoms with van der Waals surface area (Å²) in [5, 5.41) is 1.63. The third kappa shape index (κ3) is 2.99. The third-order valence-corrected chi connectivity index (χ3v) is 4.45. The van der Waals surface area contributed by atoms with Gasteiger partial charge >= 0.3 is 0 Å². The lowest BCUT2D eigenvalue weighted by Gasteiger charge is -2.01. The Kier molecular flexibility index (Phi) is 3.67. The van der Waals surface area contributed by atoms with Crippen LogP contribution in [0.3, 0.4) is 0 Å². The second-order valence-electron chi connectivity index (χ2n) is 3.75. The number of anilines is 1. The van der Waals surface area contributed by atoms with Gasteiger partial charge in [0.25, 0.3) is 10.0 Å². The highest BCUT2D eigenvalue weighted by Gasteiger charge is 2.19. The average Bonchev–Trinajstić information content (AvgIpc) is 2.96. The highest BCUT2D eigenvalue weighted by molar-refractivity contribution is 7.92. The molecule has 2 aromatic heterocycles. The molecule has 0 aromatic carbocycles. The zero-order valence-corrected chi connectivity index (χ0v) is 11.9. The van der Waals surface area contributed by atoms with Crippen LogP contribution in [0, 0.1) is 0 Å². The molecule has 0 fully saturated rings. The van der Waals surface area contributed by atoms with Crippen LogP contribution in [-0.2, 0) is 16.4 Å². The van der Waals surface area contributed by atoms with Crippen molar-refractivity contribution in [1.29, 1.82) is 0 Å². The number of carbonyl (C=O) groups excluding carboxylic acids is 1. The largest absolute Gasteiger partial charge is 0.332 e. The van der Waals surface area contributed by atoms with E-state index in [1.807, 2.05) is 6.92 Å². The van der Waals surface area contributed by atoms with Crippen LogP contribution in [0.15, 0.2) is 16.6 Å². The fraction of sp³-hybridized carbons (Fsp3) is 0.300. The van der Waals surface area contributed by atoms with Crippen molar-refractivity contribution in [1.82, 2.24) is 15.0 Å². The fourth-order valence-electron chi connectivity index (χ4n) is 1.31. The number of Topliss-reactive ketones (excluding diaryl/α,β-unsaturated/α-hetero) is 1.